The van der Waals surface area contributed by atoms with Gasteiger partial charge >= 0.3 is 0 Å². The summed E-state index contributed by atoms with van der Waals surface area (Å²) < 4.78 is 0. The molecule has 1 aliphatic heterocycles. The summed E-state index contributed by atoms with van der Waals surface area (Å²) in [7, 11) is 0. The molecule has 1 aromatic heterocycles. The van der Waals surface area contributed by atoms with Crippen molar-refractivity contribution in [3.63, 3.8) is 0 Å². The molecular weight excluding hydrogens is 458 g/mol. The highest BCUT2D eigenvalue weighted by atomic mass is 16.2. The SMILES string of the molecule is CCC(C)C(C(=O)NC(C)(C)C)N1C(=O)c2ccccc2C1c1c(-c2ccccc2)[nH]c2ccccc12. The zero-order valence-corrected chi connectivity index (χ0v) is 22.2. The molecule has 0 spiro atoms. The standard InChI is InChI=1S/C32H35N3O2/c1-6-20(2)28(30(36)34-32(3,4)5)35-29(22-16-10-11-17-23(22)31(35)37)26-24-18-12-13-19-25(24)33-27(26)21-14-8-7-9-15-21/h7-20,28-29,33H,6H2,1-5H3,(H,34,36). The molecule has 0 aliphatic carbocycles. The Labute approximate surface area is 218 Å². The fourth-order valence-corrected chi connectivity index (χ4v) is 5.52. The second kappa shape index (κ2) is 9.55. The van der Waals surface area contributed by atoms with Gasteiger partial charge in [-0.25, -0.2) is 0 Å². The number of hydrogen-bond acceptors (Lipinski definition) is 2. The quantitative estimate of drug-likeness (QED) is 0.314. The largest absolute Gasteiger partial charge is 0.354 e. The lowest BCUT2D eigenvalue weighted by Crippen LogP contribution is -2.55. The molecule has 0 saturated carbocycles. The van der Waals surface area contributed by atoms with E-state index in [2.05, 4.69) is 48.4 Å². The van der Waals surface area contributed by atoms with Crippen molar-refractivity contribution in [2.75, 3.05) is 0 Å². The van der Waals surface area contributed by atoms with Crippen LogP contribution in [0, 0.1) is 5.92 Å². The van der Waals surface area contributed by atoms with Gasteiger partial charge in [0.05, 0.1) is 11.7 Å². The van der Waals surface area contributed by atoms with Gasteiger partial charge in [0.15, 0.2) is 0 Å². The predicted octanol–water partition coefficient (Wildman–Crippen LogP) is 6.71. The van der Waals surface area contributed by atoms with Crippen LogP contribution in [0.5, 0.6) is 0 Å². The number of nitrogens with one attached hydrogen (secondary N) is 2. The van der Waals surface area contributed by atoms with Gasteiger partial charge in [-0.05, 0) is 49.9 Å². The van der Waals surface area contributed by atoms with Gasteiger partial charge in [-0.2, -0.15) is 0 Å². The van der Waals surface area contributed by atoms with E-state index in [1.54, 1.807) is 0 Å². The van der Waals surface area contributed by atoms with Gasteiger partial charge in [0, 0.05) is 27.6 Å². The highest BCUT2D eigenvalue weighted by Gasteiger charge is 2.47. The third-order valence-electron chi connectivity index (χ3n) is 7.33. The molecule has 190 valence electrons. The Morgan fingerprint density at radius 2 is 1.62 bits per heavy atom. The lowest BCUT2D eigenvalue weighted by molar-refractivity contribution is -0.129. The van der Waals surface area contributed by atoms with Crippen LogP contribution in [0.25, 0.3) is 22.2 Å². The van der Waals surface area contributed by atoms with Crippen LogP contribution in [0.2, 0.25) is 0 Å². The monoisotopic (exact) mass is 493 g/mol. The van der Waals surface area contributed by atoms with Gasteiger partial charge in [-0.3, -0.25) is 9.59 Å². The smallest absolute Gasteiger partial charge is 0.255 e. The average molecular weight is 494 g/mol. The molecular formula is C32H35N3O2. The minimum absolute atomic E-state index is 0.0338. The summed E-state index contributed by atoms with van der Waals surface area (Å²) in [4.78, 5) is 33.5. The Hall–Kier alpha value is -3.86. The van der Waals surface area contributed by atoms with Gasteiger partial charge < -0.3 is 15.2 Å². The summed E-state index contributed by atoms with van der Waals surface area (Å²) in [6.45, 7) is 10.1. The zero-order chi connectivity index (χ0) is 26.3. The molecule has 0 radical (unpaired) electrons. The van der Waals surface area contributed by atoms with Gasteiger partial charge in [0.25, 0.3) is 5.91 Å². The fourth-order valence-electron chi connectivity index (χ4n) is 5.52. The second-order valence-corrected chi connectivity index (χ2v) is 11.1. The molecule has 2 N–H and O–H groups in total. The van der Waals surface area contributed by atoms with Crippen LogP contribution >= 0.6 is 0 Å². The Morgan fingerprint density at radius 3 is 2.32 bits per heavy atom. The van der Waals surface area contributed by atoms with Crippen LogP contribution in [0.3, 0.4) is 0 Å². The maximum atomic E-state index is 14.2. The third kappa shape index (κ3) is 4.43. The van der Waals surface area contributed by atoms with E-state index in [1.807, 2.05) is 80.3 Å². The molecule has 4 aromatic rings. The molecule has 37 heavy (non-hydrogen) atoms. The van der Waals surface area contributed by atoms with E-state index < -0.39 is 17.6 Å². The number of amides is 2. The van der Waals surface area contributed by atoms with E-state index in [-0.39, 0.29) is 17.7 Å². The van der Waals surface area contributed by atoms with Crippen molar-refractivity contribution >= 4 is 22.7 Å². The van der Waals surface area contributed by atoms with E-state index in [4.69, 9.17) is 0 Å². The van der Waals surface area contributed by atoms with E-state index in [0.717, 1.165) is 39.7 Å². The molecule has 1 aliphatic rings. The molecule has 2 heterocycles. The number of rotatable bonds is 6. The van der Waals surface area contributed by atoms with Crippen molar-refractivity contribution < 1.29 is 9.59 Å². The first-order valence-electron chi connectivity index (χ1n) is 13.1. The number of hydrogen-bond donors (Lipinski definition) is 2. The van der Waals surface area contributed by atoms with Crippen molar-refractivity contribution in [1.29, 1.82) is 0 Å². The third-order valence-corrected chi connectivity index (χ3v) is 7.33. The minimum atomic E-state index is -0.619. The zero-order valence-electron chi connectivity index (χ0n) is 22.2. The summed E-state index contributed by atoms with van der Waals surface area (Å²) in [5.74, 6) is -0.248. The van der Waals surface area contributed by atoms with E-state index in [9.17, 15) is 9.59 Å². The van der Waals surface area contributed by atoms with E-state index in [0.29, 0.717) is 5.56 Å². The molecule has 3 aromatic carbocycles. The number of aromatic amines is 1. The van der Waals surface area contributed by atoms with E-state index in [1.165, 1.54) is 0 Å². The highest BCUT2D eigenvalue weighted by molar-refractivity contribution is 6.04. The van der Waals surface area contributed by atoms with Gasteiger partial charge in [-0.15, -0.1) is 0 Å². The summed E-state index contributed by atoms with van der Waals surface area (Å²) in [6.07, 6.45) is 0.772. The van der Waals surface area contributed by atoms with Crippen LogP contribution in [0.1, 0.15) is 68.6 Å². The number of aromatic nitrogens is 1. The normalized spacial score (nSPS) is 17.1. The van der Waals surface area contributed by atoms with Crippen molar-refractivity contribution in [1.82, 2.24) is 15.2 Å². The summed E-state index contributed by atoms with van der Waals surface area (Å²) in [5.41, 5.74) is 5.23. The van der Waals surface area contributed by atoms with Crippen LogP contribution in [0.15, 0.2) is 78.9 Å². The second-order valence-electron chi connectivity index (χ2n) is 11.1. The number of nitrogens with zero attached hydrogens (tertiary/aromatic N) is 1. The molecule has 2 amide bonds. The Bertz CT molecular complexity index is 1450. The maximum absolute atomic E-state index is 14.2. The van der Waals surface area contributed by atoms with Crippen molar-refractivity contribution in [2.45, 2.75) is 58.7 Å². The number of fused-ring (bicyclic) bond motifs is 2. The van der Waals surface area contributed by atoms with Crippen LogP contribution in [-0.2, 0) is 4.79 Å². The Balaban J connectivity index is 1.78. The fraction of sp³-hybridized carbons (Fsp3) is 0.312. The molecule has 5 rings (SSSR count). The lowest BCUT2D eigenvalue weighted by atomic mass is 9.90. The highest BCUT2D eigenvalue weighted by Crippen LogP contribution is 2.47. The van der Waals surface area contributed by atoms with E-state index >= 15 is 0 Å². The predicted molar refractivity (Wildman–Crippen MR) is 149 cm³/mol. The van der Waals surface area contributed by atoms with Crippen molar-refractivity contribution in [3.05, 3.63) is 95.6 Å². The van der Waals surface area contributed by atoms with Gasteiger partial charge in [0.1, 0.15) is 6.04 Å². The number of benzene rings is 3. The molecule has 3 atom stereocenters. The molecule has 0 bridgehead atoms. The Morgan fingerprint density at radius 1 is 0.973 bits per heavy atom. The number of para-hydroxylation sites is 1. The minimum Gasteiger partial charge on any atom is -0.354 e. The molecule has 5 heteroatoms. The first-order chi connectivity index (χ1) is 17.7. The summed E-state index contributed by atoms with van der Waals surface area (Å²) in [5, 5.41) is 4.22. The topological polar surface area (TPSA) is 65.2 Å². The first-order valence-corrected chi connectivity index (χ1v) is 13.1. The average Bonchev–Trinajstić information content (AvgIpc) is 3.39. The number of H-pyrrole nitrogens is 1. The van der Waals surface area contributed by atoms with Crippen LogP contribution < -0.4 is 5.32 Å². The van der Waals surface area contributed by atoms with Gasteiger partial charge in [0.2, 0.25) is 5.91 Å². The lowest BCUT2D eigenvalue weighted by Gasteiger charge is -2.38. The van der Waals surface area contributed by atoms with Crippen molar-refractivity contribution in [3.8, 4) is 11.3 Å². The van der Waals surface area contributed by atoms with Gasteiger partial charge in [-0.1, -0.05) is 87.0 Å². The number of carbonyl (C=O) groups is 2. The summed E-state index contributed by atoms with van der Waals surface area (Å²) in [6, 6.07) is 25.2. The molecule has 0 saturated heterocycles. The van der Waals surface area contributed by atoms with Crippen LogP contribution in [-0.4, -0.2) is 33.3 Å². The van der Waals surface area contributed by atoms with Crippen LogP contribution in [0.4, 0.5) is 0 Å². The van der Waals surface area contributed by atoms with Crippen molar-refractivity contribution in [2.24, 2.45) is 5.92 Å². The molecule has 3 unspecified atom stereocenters. The summed E-state index contributed by atoms with van der Waals surface area (Å²) >= 11 is 0. The first kappa shape index (κ1) is 24.8. The Kier molecular flexibility index (Phi) is 6.40. The number of carbonyl (C=O) groups excluding carboxylic acids is 2. The molecule has 5 nitrogen and oxygen atoms in total. The maximum Gasteiger partial charge on any atom is 0.255 e. The molecule has 0 fully saturated rings.